The third-order valence-corrected chi connectivity index (χ3v) is 1.50. The van der Waals surface area contributed by atoms with Crippen molar-refractivity contribution in [2.75, 3.05) is 6.61 Å². The third kappa shape index (κ3) is 24.5. The molecule has 0 unspecified atom stereocenters. The first-order valence-corrected chi connectivity index (χ1v) is 5.04. The number of carbonyl (C=O) groups excluding carboxylic acids is 1. The number of ketones is 1. The van der Waals surface area contributed by atoms with Gasteiger partial charge in [0, 0.05) is 0 Å². The number of carbonyl (C=O) groups is 2. The molecule has 0 aromatic rings. The van der Waals surface area contributed by atoms with Crippen LogP contribution < -0.4 is 0 Å². The molecule has 0 saturated heterocycles. The quantitative estimate of drug-likeness (QED) is 0.602. The van der Waals surface area contributed by atoms with Crippen LogP contribution in [0, 0.1) is 0 Å². The number of unbranched alkanes of at least 4 members (excludes halogenated alkanes) is 1. The van der Waals surface area contributed by atoms with E-state index < -0.39 is 5.97 Å². The van der Waals surface area contributed by atoms with E-state index in [1.54, 1.807) is 0 Å². The van der Waals surface area contributed by atoms with Crippen molar-refractivity contribution in [1.82, 2.24) is 0 Å². The van der Waals surface area contributed by atoms with Crippen LogP contribution in [-0.4, -0.2) is 23.5 Å². The summed E-state index contributed by atoms with van der Waals surface area (Å²) in [5.74, 6) is -1.37. The molecule has 0 aliphatic rings. The van der Waals surface area contributed by atoms with Crippen molar-refractivity contribution >= 4 is 11.8 Å². The molecule has 0 bridgehead atoms. The number of Topliss-reactive ketones (excluding diaryl/α,β-unsaturated/α-hetero) is 1. The van der Waals surface area contributed by atoms with Crippen molar-refractivity contribution in [1.29, 1.82) is 0 Å². The van der Waals surface area contributed by atoms with E-state index in [0.717, 1.165) is 6.61 Å². The first kappa shape index (κ1) is 15.5. The van der Waals surface area contributed by atoms with E-state index in [4.69, 9.17) is 7.92 Å². The Hall–Kier alpha value is -0.0169. The Kier molecular flexibility index (Phi) is 14.2. The fraction of sp³-hybridized carbons (Fsp3) is 0.750. The summed E-state index contributed by atoms with van der Waals surface area (Å²) in [5, 5.41) is 7.86. The van der Waals surface area contributed by atoms with Crippen LogP contribution in [0.25, 0.3) is 0 Å². The molecule has 0 rings (SSSR count). The van der Waals surface area contributed by atoms with Gasteiger partial charge in [-0.05, 0) is 6.92 Å². The Morgan fingerprint density at radius 2 is 2.00 bits per heavy atom. The number of hydrogen-bond donors (Lipinski definition) is 1. The normalized spacial score (nSPS) is 8.38. The summed E-state index contributed by atoms with van der Waals surface area (Å²) in [5.41, 5.74) is 0. The van der Waals surface area contributed by atoms with Crippen LogP contribution in [-0.2, 0) is 37.6 Å². The average Bonchev–Trinajstić information content (AvgIpc) is 1.99. The molecule has 4 nitrogen and oxygen atoms in total. The molecule has 0 radical (unpaired) electrons. The fourth-order valence-electron chi connectivity index (χ4n) is 0.429. The van der Waals surface area contributed by atoms with E-state index in [0.29, 0.717) is 0 Å². The van der Waals surface area contributed by atoms with Gasteiger partial charge in [-0.25, -0.2) is 0 Å². The van der Waals surface area contributed by atoms with Gasteiger partial charge in [-0.1, -0.05) is 0 Å². The predicted molar refractivity (Wildman–Crippen MR) is 43.8 cm³/mol. The maximum atomic E-state index is 9.87. The monoisotopic (exact) mass is 265 g/mol. The molecule has 0 fully saturated rings. The molecule has 75 valence electrons. The van der Waals surface area contributed by atoms with E-state index in [1.807, 2.05) is 0 Å². The first-order chi connectivity index (χ1) is 6.04. The van der Waals surface area contributed by atoms with Crippen LogP contribution in [0.5, 0.6) is 0 Å². The molecule has 0 aromatic heterocycles. The molecule has 0 aliphatic heterocycles. The standard InChI is InChI=1S/C4H6O3.C4H9O.Zr/c1-3(5)2-4(6)7;1-2-3-4-5;/h2H2,1H3,(H,6,7);2-4H2,1H3;/q;-1;+1. The van der Waals surface area contributed by atoms with Gasteiger partial charge in [0.05, 0.1) is 0 Å². The van der Waals surface area contributed by atoms with E-state index in [9.17, 15) is 9.59 Å². The summed E-state index contributed by atoms with van der Waals surface area (Å²) in [6.45, 7) is 4.36. The Labute approximate surface area is 94.1 Å². The number of carboxylic acids is 1. The SMILES string of the molecule is CC(=O)CC(=O)O.CCCC[O][Zr]. The molecular formula is C8H15O4Zr. The summed E-state index contributed by atoms with van der Waals surface area (Å²) in [4.78, 5) is 19.5. The molecular weight excluding hydrogens is 251 g/mol. The summed E-state index contributed by atoms with van der Waals surface area (Å²) in [6, 6.07) is 0. The molecule has 0 spiro atoms. The van der Waals surface area contributed by atoms with E-state index in [2.05, 4.69) is 6.92 Å². The van der Waals surface area contributed by atoms with Crippen LogP contribution in [0.2, 0.25) is 0 Å². The van der Waals surface area contributed by atoms with Crippen LogP contribution >= 0.6 is 0 Å². The second-order valence-electron chi connectivity index (χ2n) is 2.47. The van der Waals surface area contributed by atoms with Crippen LogP contribution in [0.1, 0.15) is 33.1 Å². The molecule has 13 heavy (non-hydrogen) atoms. The summed E-state index contributed by atoms with van der Waals surface area (Å²) in [7, 11) is 0. The molecule has 0 aromatic carbocycles. The minimum atomic E-state index is -1.06. The van der Waals surface area contributed by atoms with E-state index in [-0.39, 0.29) is 12.2 Å². The van der Waals surface area contributed by atoms with Gasteiger partial charge in [-0.2, -0.15) is 0 Å². The summed E-state index contributed by atoms with van der Waals surface area (Å²) >= 11 is 1.19. The Morgan fingerprint density at radius 1 is 1.46 bits per heavy atom. The van der Waals surface area contributed by atoms with Gasteiger partial charge < -0.3 is 5.11 Å². The average molecular weight is 266 g/mol. The van der Waals surface area contributed by atoms with E-state index in [1.165, 1.54) is 44.9 Å². The van der Waals surface area contributed by atoms with Gasteiger partial charge in [0.2, 0.25) is 0 Å². The minimum absolute atomic E-state index is 0.312. The molecule has 0 aliphatic carbocycles. The zero-order valence-electron chi connectivity index (χ0n) is 8.00. The van der Waals surface area contributed by atoms with E-state index >= 15 is 0 Å². The Morgan fingerprint density at radius 3 is 2.08 bits per heavy atom. The molecule has 0 amide bonds. The van der Waals surface area contributed by atoms with Crippen molar-refractivity contribution in [3.05, 3.63) is 0 Å². The molecule has 0 heterocycles. The van der Waals surface area contributed by atoms with Gasteiger partial charge >= 0.3 is 60.3 Å². The van der Waals surface area contributed by atoms with Crippen molar-refractivity contribution in [2.24, 2.45) is 0 Å². The van der Waals surface area contributed by atoms with Crippen molar-refractivity contribution in [2.45, 2.75) is 33.1 Å². The Bertz CT molecular complexity index is 131. The van der Waals surface area contributed by atoms with Gasteiger partial charge in [0.1, 0.15) is 12.2 Å². The van der Waals surface area contributed by atoms with Gasteiger partial charge in [0.25, 0.3) is 0 Å². The summed E-state index contributed by atoms with van der Waals surface area (Å²) in [6.07, 6.45) is 2.10. The third-order valence-electron chi connectivity index (χ3n) is 1.00. The van der Waals surface area contributed by atoms with Gasteiger partial charge in [-0.3, -0.25) is 9.59 Å². The number of carboxylic acid groups (broad SMARTS) is 1. The summed E-state index contributed by atoms with van der Waals surface area (Å²) < 4.78 is 4.87. The zero-order chi connectivity index (χ0) is 10.7. The van der Waals surface area contributed by atoms with Gasteiger partial charge in [0.15, 0.2) is 0 Å². The van der Waals surface area contributed by atoms with Crippen molar-refractivity contribution in [3.8, 4) is 0 Å². The molecule has 1 N–H and O–H groups in total. The predicted octanol–water partition coefficient (Wildman–Crippen LogP) is 1.31. The zero-order valence-corrected chi connectivity index (χ0v) is 10.5. The molecule has 0 saturated carbocycles. The molecule has 5 heteroatoms. The van der Waals surface area contributed by atoms with Gasteiger partial charge in [-0.15, -0.1) is 0 Å². The topological polar surface area (TPSA) is 63.6 Å². The number of aliphatic carboxylic acids is 1. The van der Waals surface area contributed by atoms with Crippen LogP contribution in [0.4, 0.5) is 0 Å². The second kappa shape index (κ2) is 12.0. The molecule has 0 atom stereocenters. The fourth-order valence-corrected chi connectivity index (χ4v) is 0.784. The number of hydrogen-bond acceptors (Lipinski definition) is 3. The van der Waals surface area contributed by atoms with Crippen LogP contribution in [0.3, 0.4) is 0 Å². The van der Waals surface area contributed by atoms with Crippen LogP contribution in [0.15, 0.2) is 0 Å². The van der Waals surface area contributed by atoms with Crippen molar-refractivity contribution in [3.63, 3.8) is 0 Å². The number of rotatable bonds is 5. The first-order valence-electron chi connectivity index (χ1n) is 4.04. The second-order valence-corrected chi connectivity index (χ2v) is 3.18. The Balaban J connectivity index is 0. The maximum absolute atomic E-state index is 9.87. The van der Waals surface area contributed by atoms with Crippen molar-refractivity contribution < 1.29 is 42.7 Å².